The van der Waals surface area contributed by atoms with Gasteiger partial charge in [0.2, 0.25) is 0 Å². The molecular formula is C10H19BrN4. The largest absolute Gasteiger partial charge is 0.271 e. The van der Waals surface area contributed by atoms with Gasteiger partial charge in [0, 0.05) is 7.05 Å². The number of rotatable bonds is 4. The average molecular weight is 275 g/mol. The second kappa shape index (κ2) is 4.63. The Bertz CT molecular complexity index is 313. The van der Waals surface area contributed by atoms with Crippen molar-refractivity contribution in [1.82, 2.24) is 15.2 Å². The second-order valence-electron chi connectivity index (χ2n) is 4.44. The zero-order chi connectivity index (χ0) is 11.6. The van der Waals surface area contributed by atoms with Gasteiger partial charge in [-0.15, -0.1) is 0 Å². The molecule has 0 aliphatic carbocycles. The van der Waals surface area contributed by atoms with Gasteiger partial charge < -0.3 is 0 Å². The maximum Gasteiger partial charge on any atom is 0.0711 e. The van der Waals surface area contributed by atoms with E-state index >= 15 is 0 Å². The summed E-state index contributed by atoms with van der Waals surface area (Å²) in [6.07, 6.45) is 2.84. The first kappa shape index (κ1) is 12.7. The molecule has 0 amide bonds. The first-order chi connectivity index (χ1) is 6.94. The van der Waals surface area contributed by atoms with Gasteiger partial charge in [-0.25, -0.2) is 0 Å². The molecule has 0 radical (unpaired) electrons. The minimum absolute atomic E-state index is 0.0874. The summed E-state index contributed by atoms with van der Waals surface area (Å²) < 4.78 is 2.85. The summed E-state index contributed by atoms with van der Waals surface area (Å²) in [7, 11) is 1.93. The molecule has 86 valence electrons. The maximum absolute atomic E-state index is 5.65. The van der Waals surface area contributed by atoms with Crippen LogP contribution >= 0.6 is 15.9 Å². The standard InChI is InChI=1S/C10H19BrN4/c1-5-10(2,3)9(14-12)8-7(11)6-13-15(8)4/h6,9,14H,5,12H2,1-4H3. The zero-order valence-corrected chi connectivity index (χ0v) is 11.3. The van der Waals surface area contributed by atoms with E-state index in [-0.39, 0.29) is 11.5 Å². The quantitative estimate of drug-likeness (QED) is 0.653. The van der Waals surface area contributed by atoms with Crippen LogP contribution in [0, 0.1) is 5.41 Å². The maximum atomic E-state index is 5.65. The summed E-state index contributed by atoms with van der Waals surface area (Å²) in [4.78, 5) is 0. The van der Waals surface area contributed by atoms with Gasteiger partial charge in [-0.3, -0.25) is 16.0 Å². The predicted molar refractivity (Wildman–Crippen MR) is 65.0 cm³/mol. The molecule has 1 aromatic rings. The van der Waals surface area contributed by atoms with Gasteiger partial charge >= 0.3 is 0 Å². The molecular weight excluding hydrogens is 256 g/mol. The Labute approximate surface area is 99.3 Å². The molecule has 0 aromatic carbocycles. The summed E-state index contributed by atoms with van der Waals surface area (Å²) >= 11 is 3.50. The highest BCUT2D eigenvalue weighted by molar-refractivity contribution is 9.10. The molecule has 4 nitrogen and oxygen atoms in total. The Morgan fingerprint density at radius 1 is 1.67 bits per heavy atom. The van der Waals surface area contributed by atoms with Crippen molar-refractivity contribution in [2.45, 2.75) is 33.2 Å². The molecule has 1 rings (SSSR count). The van der Waals surface area contributed by atoms with E-state index in [1.807, 2.05) is 11.7 Å². The number of halogens is 1. The van der Waals surface area contributed by atoms with E-state index in [4.69, 9.17) is 5.84 Å². The van der Waals surface area contributed by atoms with Crippen molar-refractivity contribution in [2.75, 3.05) is 0 Å². The van der Waals surface area contributed by atoms with E-state index in [1.54, 1.807) is 6.20 Å². The Morgan fingerprint density at radius 2 is 2.27 bits per heavy atom. The highest BCUT2D eigenvalue weighted by Gasteiger charge is 2.31. The number of nitrogens with zero attached hydrogens (tertiary/aromatic N) is 2. The summed E-state index contributed by atoms with van der Waals surface area (Å²) in [5.74, 6) is 5.65. The molecule has 15 heavy (non-hydrogen) atoms. The highest BCUT2D eigenvalue weighted by Crippen LogP contribution is 2.38. The summed E-state index contributed by atoms with van der Waals surface area (Å²) in [6, 6.07) is 0.0874. The Balaban J connectivity index is 3.13. The van der Waals surface area contributed by atoms with Gasteiger partial charge in [0.1, 0.15) is 0 Å². The van der Waals surface area contributed by atoms with E-state index in [9.17, 15) is 0 Å². The molecule has 0 saturated carbocycles. The number of hydrazine groups is 1. The SMILES string of the molecule is CCC(C)(C)C(NN)c1c(Br)cnn1C. The third-order valence-electron chi connectivity index (χ3n) is 3.07. The fraction of sp³-hybridized carbons (Fsp3) is 0.700. The molecule has 0 aliphatic rings. The van der Waals surface area contributed by atoms with Gasteiger partial charge in [0.25, 0.3) is 0 Å². The third-order valence-corrected chi connectivity index (χ3v) is 3.68. The molecule has 1 aromatic heterocycles. The molecule has 1 atom stereocenters. The van der Waals surface area contributed by atoms with Crippen LogP contribution in [0.1, 0.15) is 38.9 Å². The van der Waals surface area contributed by atoms with E-state index < -0.39 is 0 Å². The fourth-order valence-corrected chi connectivity index (χ4v) is 2.20. The van der Waals surface area contributed by atoms with Gasteiger partial charge in [-0.05, 0) is 27.8 Å². The van der Waals surface area contributed by atoms with Crippen LogP contribution in [0.2, 0.25) is 0 Å². The summed E-state index contributed by atoms with van der Waals surface area (Å²) in [6.45, 7) is 6.54. The van der Waals surface area contributed by atoms with Crippen LogP contribution < -0.4 is 11.3 Å². The third kappa shape index (κ3) is 2.41. The molecule has 0 spiro atoms. The first-order valence-electron chi connectivity index (χ1n) is 5.07. The minimum atomic E-state index is 0.0874. The fourth-order valence-electron chi connectivity index (χ4n) is 1.62. The van der Waals surface area contributed by atoms with Crippen LogP contribution in [-0.2, 0) is 7.05 Å². The van der Waals surface area contributed by atoms with Crippen molar-refractivity contribution in [3.8, 4) is 0 Å². The van der Waals surface area contributed by atoms with Crippen LogP contribution in [0.4, 0.5) is 0 Å². The van der Waals surface area contributed by atoms with E-state index in [1.165, 1.54) is 0 Å². The Morgan fingerprint density at radius 3 is 2.60 bits per heavy atom. The van der Waals surface area contributed by atoms with Gasteiger partial charge in [0.15, 0.2) is 0 Å². The monoisotopic (exact) mass is 274 g/mol. The lowest BCUT2D eigenvalue weighted by molar-refractivity contribution is 0.226. The highest BCUT2D eigenvalue weighted by atomic mass is 79.9. The number of nitrogens with one attached hydrogen (secondary N) is 1. The summed E-state index contributed by atoms with van der Waals surface area (Å²) in [5, 5.41) is 4.21. The van der Waals surface area contributed by atoms with Crippen molar-refractivity contribution in [2.24, 2.45) is 18.3 Å². The summed E-state index contributed by atoms with van der Waals surface area (Å²) in [5.41, 5.74) is 4.06. The molecule has 0 aliphatic heterocycles. The Kier molecular flexibility index (Phi) is 3.92. The molecule has 1 heterocycles. The number of aromatic nitrogens is 2. The van der Waals surface area contributed by atoms with Crippen LogP contribution in [0.25, 0.3) is 0 Å². The van der Waals surface area contributed by atoms with Gasteiger partial charge in [-0.2, -0.15) is 5.10 Å². The predicted octanol–water partition coefficient (Wildman–Crippen LogP) is 2.12. The molecule has 1 unspecified atom stereocenters. The van der Waals surface area contributed by atoms with Crippen LogP contribution in [-0.4, -0.2) is 9.78 Å². The van der Waals surface area contributed by atoms with Gasteiger partial charge in [0.05, 0.1) is 22.4 Å². The van der Waals surface area contributed by atoms with E-state index in [2.05, 4.69) is 47.2 Å². The zero-order valence-electron chi connectivity index (χ0n) is 9.71. The number of aryl methyl sites for hydroxylation is 1. The van der Waals surface area contributed by atoms with Gasteiger partial charge in [-0.1, -0.05) is 20.8 Å². The molecule has 0 fully saturated rings. The minimum Gasteiger partial charge on any atom is -0.271 e. The molecule has 0 bridgehead atoms. The van der Waals surface area contributed by atoms with Crippen molar-refractivity contribution in [3.63, 3.8) is 0 Å². The van der Waals surface area contributed by atoms with Crippen LogP contribution in [0.5, 0.6) is 0 Å². The van der Waals surface area contributed by atoms with E-state index in [0.717, 1.165) is 16.6 Å². The molecule has 5 heteroatoms. The molecule has 3 N–H and O–H groups in total. The second-order valence-corrected chi connectivity index (χ2v) is 5.30. The van der Waals surface area contributed by atoms with E-state index in [0.29, 0.717) is 0 Å². The number of hydrogen-bond donors (Lipinski definition) is 2. The van der Waals surface area contributed by atoms with Crippen molar-refractivity contribution >= 4 is 15.9 Å². The first-order valence-corrected chi connectivity index (χ1v) is 5.87. The normalized spacial score (nSPS) is 14.3. The Hall–Kier alpha value is -0.390. The van der Waals surface area contributed by atoms with Crippen molar-refractivity contribution in [3.05, 3.63) is 16.4 Å². The van der Waals surface area contributed by atoms with Crippen LogP contribution in [0.3, 0.4) is 0 Å². The number of nitrogens with two attached hydrogens (primary N) is 1. The van der Waals surface area contributed by atoms with Crippen LogP contribution in [0.15, 0.2) is 10.7 Å². The molecule has 0 saturated heterocycles. The number of hydrogen-bond acceptors (Lipinski definition) is 3. The average Bonchev–Trinajstić information content (AvgIpc) is 2.50. The smallest absolute Gasteiger partial charge is 0.0711 e. The lowest BCUT2D eigenvalue weighted by atomic mass is 9.80. The topological polar surface area (TPSA) is 55.9 Å². The lowest BCUT2D eigenvalue weighted by Gasteiger charge is -2.33. The van der Waals surface area contributed by atoms with Crippen molar-refractivity contribution in [1.29, 1.82) is 0 Å². The lowest BCUT2D eigenvalue weighted by Crippen LogP contribution is -2.39. The van der Waals surface area contributed by atoms with Crippen molar-refractivity contribution < 1.29 is 0 Å².